The number of sulfonamides is 1. The molecule has 1 atom stereocenters. The Labute approximate surface area is 121 Å². The molecule has 2 rings (SSSR count). The molecule has 1 aromatic heterocycles. The molecule has 1 N–H and O–H groups in total. The van der Waals surface area contributed by atoms with Crippen LogP contribution in [0.4, 0.5) is 0 Å². The van der Waals surface area contributed by atoms with Gasteiger partial charge in [-0.3, -0.25) is 0 Å². The molecule has 1 fully saturated rings. The maximum Gasteiger partial charge on any atom is 0.244 e. The molecular weight excluding hydrogens is 276 g/mol. The number of aliphatic hydroxyl groups excluding tert-OH is 1. The predicted molar refractivity (Wildman–Crippen MR) is 77.9 cm³/mol. The van der Waals surface area contributed by atoms with Gasteiger partial charge in [-0.15, -0.1) is 0 Å². The second-order valence-corrected chi connectivity index (χ2v) is 7.68. The molecule has 5 nitrogen and oxygen atoms in total. The average Bonchev–Trinajstić information content (AvgIpc) is 2.84. The quantitative estimate of drug-likeness (QED) is 0.926. The molecule has 1 aliphatic heterocycles. The molecule has 0 saturated carbocycles. The van der Waals surface area contributed by atoms with Crippen molar-refractivity contribution in [2.24, 2.45) is 0 Å². The average molecular weight is 300 g/mol. The van der Waals surface area contributed by atoms with Crippen LogP contribution >= 0.6 is 0 Å². The molecule has 114 valence electrons. The van der Waals surface area contributed by atoms with Crippen molar-refractivity contribution in [2.45, 2.75) is 63.6 Å². The van der Waals surface area contributed by atoms with Crippen LogP contribution in [0.1, 0.15) is 51.8 Å². The van der Waals surface area contributed by atoms with Crippen LogP contribution in [-0.2, 0) is 16.6 Å². The number of hydrogen-bond acceptors (Lipinski definition) is 3. The third-order valence-electron chi connectivity index (χ3n) is 3.97. The van der Waals surface area contributed by atoms with Gasteiger partial charge in [-0.2, -0.15) is 4.31 Å². The summed E-state index contributed by atoms with van der Waals surface area (Å²) in [7, 11) is -3.46. The minimum Gasteiger partial charge on any atom is -0.390 e. The van der Waals surface area contributed by atoms with Gasteiger partial charge in [-0.25, -0.2) is 8.42 Å². The van der Waals surface area contributed by atoms with Crippen molar-refractivity contribution in [3.63, 3.8) is 0 Å². The van der Waals surface area contributed by atoms with Gasteiger partial charge in [0.2, 0.25) is 10.0 Å². The van der Waals surface area contributed by atoms with E-state index in [2.05, 4.69) is 0 Å². The summed E-state index contributed by atoms with van der Waals surface area (Å²) in [5.74, 6) is 0. The maximum absolute atomic E-state index is 12.7. The number of hydrogen-bond donors (Lipinski definition) is 1. The Morgan fingerprint density at radius 2 is 2.10 bits per heavy atom. The van der Waals surface area contributed by atoms with E-state index in [-0.39, 0.29) is 18.7 Å². The topological polar surface area (TPSA) is 62.5 Å². The lowest BCUT2D eigenvalue weighted by Crippen LogP contribution is -2.41. The Balaban J connectivity index is 2.39. The van der Waals surface area contributed by atoms with Gasteiger partial charge >= 0.3 is 0 Å². The van der Waals surface area contributed by atoms with E-state index < -0.39 is 10.0 Å². The Hall–Kier alpha value is -0.850. The van der Waals surface area contributed by atoms with E-state index in [1.165, 1.54) is 0 Å². The monoisotopic (exact) mass is 300 g/mol. The first-order valence-corrected chi connectivity index (χ1v) is 8.65. The van der Waals surface area contributed by atoms with Crippen molar-refractivity contribution in [1.82, 2.24) is 8.87 Å². The van der Waals surface area contributed by atoms with Crippen LogP contribution in [0.2, 0.25) is 0 Å². The van der Waals surface area contributed by atoms with Crippen molar-refractivity contribution < 1.29 is 13.5 Å². The molecule has 0 spiro atoms. The Bertz CT molecular complexity index is 563. The Kier molecular flexibility index (Phi) is 4.56. The van der Waals surface area contributed by atoms with Gasteiger partial charge in [0.1, 0.15) is 4.90 Å². The van der Waals surface area contributed by atoms with Gasteiger partial charge in [0, 0.05) is 30.5 Å². The fraction of sp³-hybridized carbons (Fsp3) is 0.714. The van der Waals surface area contributed by atoms with Crippen LogP contribution in [0, 0.1) is 0 Å². The maximum atomic E-state index is 12.7. The van der Waals surface area contributed by atoms with Gasteiger partial charge in [-0.1, -0.05) is 6.42 Å². The second kappa shape index (κ2) is 5.87. The molecule has 1 aromatic rings. The summed E-state index contributed by atoms with van der Waals surface area (Å²) >= 11 is 0. The van der Waals surface area contributed by atoms with Gasteiger partial charge in [-0.05, 0) is 39.7 Å². The summed E-state index contributed by atoms with van der Waals surface area (Å²) in [5.41, 5.74) is 0.642. The first-order valence-electron chi connectivity index (χ1n) is 7.21. The lowest BCUT2D eigenvalue weighted by Gasteiger charge is -2.31. The standard InChI is InChI=1S/C14H24N2O3S/c1-11(2)15-9-14(8-13(15)10-17)20(18,19)16-7-5-4-6-12(16)3/h8-9,11-12,17H,4-7,10H2,1-3H3. The highest BCUT2D eigenvalue weighted by molar-refractivity contribution is 7.89. The first kappa shape index (κ1) is 15.5. The van der Waals surface area contributed by atoms with E-state index >= 15 is 0 Å². The van der Waals surface area contributed by atoms with Crippen molar-refractivity contribution >= 4 is 10.0 Å². The molecule has 0 amide bonds. The zero-order valence-corrected chi connectivity index (χ0v) is 13.2. The predicted octanol–water partition coefficient (Wildman–Crippen LogP) is 2.12. The third-order valence-corrected chi connectivity index (χ3v) is 5.95. The largest absolute Gasteiger partial charge is 0.390 e. The highest BCUT2D eigenvalue weighted by Gasteiger charge is 2.32. The summed E-state index contributed by atoms with van der Waals surface area (Å²) in [5, 5.41) is 9.38. The van der Waals surface area contributed by atoms with E-state index in [1.54, 1.807) is 16.6 Å². The van der Waals surface area contributed by atoms with Crippen LogP contribution in [-0.4, -0.2) is 35.0 Å². The molecule has 0 bridgehead atoms. The van der Waals surface area contributed by atoms with Crippen molar-refractivity contribution in [1.29, 1.82) is 0 Å². The molecule has 0 aliphatic carbocycles. The van der Waals surface area contributed by atoms with Crippen LogP contribution < -0.4 is 0 Å². The molecule has 0 aromatic carbocycles. The van der Waals surface area contributed by atoms with Gasteiger partial charge in [0.25, 0.3) is 0 Å². The minimum atomic E-state index is -3.46. The number of rotatable bonds is 4. The Morgan fingerprint density at radius 3 is 2.60 bits per heavy atom. The summed E-state index contributed by atoms with van der Waals surface area (Å²) in [6.07, 6.45) is 4.56. The lowest BCUT2D eigenvalue weighted by molar-refractivity contribution is 0.268. The second-order valence-electron chi connectivity index (χ2n) is 5.79. The molecule has 1 aliphatic rings. The lowest BCUT2D eigenvalue weighted by atomic mass is 10.1. The number of aromatic nitrogens is 1. The first-order chi connectivity index (χ1) is 9.37. The number of aliphatic hydroxyl groups is 1. The van der Waals surface area contributed by atoms with E-state index in [0.717, 1.165) is 19.3 Å². The van der Waals surface area contributed by atoms with E-state index in [1.807, 2.05) is 25.3 Å². The zero-order chi connectivity index (χ0) is 14.9. The molecule has 0 radical (unpaired) electrons. The molecule has 20 heavy (non-hydrogen) atoms. The van der Waals surface area contributed by atoms with Crippen LogP contribution in [0.5, 0.6) is 0 Å². The minimum absolute atomic E-state index is 0.0497. The molecule has 1 unspecified atom stereocenters. The number of nitrogens with zero attached hydrogens (tertiary/aromatic N) is 2. The van der Waals surface area contributed by atoms with E-state index in [9.17, 15) is 13.5 Å². The number of piperidine rings is 1. The van der Waals surface area contributed by atoms with Crippen LogP contribution in [0.15, 0.2) is 17.2 Å². The SMILES string of the molecule is CC1CCCCN1S(=O)(=O)c1cc(CO)n(C(C)C)c1. The van der Waals surface area contributed by atoms with Gasteiger partial charge in [0.15, 0.2) is 0 Å². The summed E-state index contributed by atoms with van der Waals surface area (Å²) in [6, 6.07) is 1.77. The molecule has 6 heteroatoms. The van der Waals surface area contributed by atoms with Gasteiger partial charge < -0.3 is 9.67 Å². The van der Waals surface area contributed by atoms with Crippen LogP contribution in [0.3, 0.4) is 0 Å². The highest BCUT2D eigenvalue weighted by atomic mass is 32.2. The van der Waals surface area contributed by atoms with E-state index in [4.69, 9.17) is 0 Å². The zero-order valence-electron chi connectivity index (χ0n) is 12.4. The summed E-state index contributed by atoms with van der Waals surface area (Å²) in [4.78, 5) is 0.295. The fourth-order valence-corrected chi connectivity index (χ4v) is 4.56. The Morgan fingerprint density at radius 1 is 1.40 bits per heavy atom. The van der Waals surface area contributed by atoms with E-state index in [0.29, 0.717) is 17.1 Å². The van der Waals surface area contributed by atoms with Crippen LogP contribution in [0.25, 0.3) is 0 Å². The van der Waals surface area contributed by atoms with Crippen molar-refractivity contribution in [3.8, 4) is 0 Å². The third kappa shape index (κ3) is 2.77. The normalized spacial score (nSPS) is 21.6. The smallest absolute Gasteiger partial charge is 0.244 e. The summed E-state index contributed by atoms with van der Waals surface area (Å²) in [6.45, 7) is 6.34. The summed E-state index contributed by atoms with van der Waals surface area (Å²) < 4.78 is 28.9. The molecule has 2 heterocycles. The molecular formula is C14H24N2O3S. The van der Waals surface area contributed by atoms with Gasteiger partial charge in [0.05, 0.1) is 6.61 Å². The van der Waals surface area contributed by atoms with Crippen molar-refractivity contribution in [2.75, 3.05) is 6.54 Å². The molecule has 1 saturated heterocycles. The van der Waals surface area contributed by atoms with Crippen molar-refractivity contribution in [3.05, 3.63) is 18.0 Å². The highest BCUT2D eigenvalue weighted by Crippen LogP contribution is 2.27. The fourth-order valence-electron chi connectivity index (χ4n) is 2.81.